The van der Waals surface area contributed by atoms with Crippen molar-refractivity contribution in [3.8, 4) is 0 Å². The summed E-state index contributed by atoms with van der Waals surface area (Å²) in [6.45, 7) is 2.07. The second-order valence-corrected chi connectivity index (χ2v) is 3.84. The molecule has 0 saturated heterocycles. The number of rotatable bonds is 3. The summed E-state index contributed by atoms with van der Waals surface area (Å²) in [5.41, 5.74) is 3.20. The number of nitrogens with one attached hydrogen (secondary N) is 1. The fourth-order valence-corrected chi connectivity index (χ4v) is 1.81. The maximum absolute atomic E-state index is 4.42. The Morgan fingerprint density at radius 2 is 2.19 bits per heavy atom. The van der Waals surface area contributed by atoms with Crippen molar-refractivity contribution in [2.24, 2.45) is 7.05 Å². The predicted molar refractivity (Wildman–Crippen MR) is 63.1 cm³/mol. The molecular formula is C12H16N4. The first-order valence-electron chi connectivity index (χ1n) is 5.30. The molecule has 1 N–H and O–H groups in total. The van der Waals surface area contributed by atoms with Crippen LogP contribution in [-0.4, -0.2) is 21.8 Å². The molecule has 0 saturated carbocycles. The summed E-state index contributed by atoms with van der Waals surface area (Å²) in [6.07, 6.45) is 3.76. The van der Waals surface area contributed by atoms with E-state index in [0.29, 0.717) is 0 Å². The number of hydrogen-bond donors (Lipinski definition) is 1. The third-order valence-corrected chi connectivity index (χ3v) is 2.64. The van der Waals surface area contributed by atoms with Crippen LogP contribution in [-0.2, 0) is 7.05 Å². The van der Waals surface area contributed by atoms with E-state index in [1.165, 1.54) is 5.56 Å². The summed E-state index contributed by atoms with van der Waals surface area (Å²) in [5.74, 6) is 0. The van der Waals surface area contributed by atoms with Crippen molar-refractivity contribution in [1.29, 1.82) is 0 Å². The number of hydrogen-bond acceptors (Lipinski definition) is 3. The van der Waals surface area contributed by atoms with Gasteiger partial charge in [0.2, 0.25) is 0 Å². The molecule has 0 aromatic carbocycles. The van der Waals surface area contributed by atoms with Crippen LogP contribution in [0.15, 0.2) is 30.6 Å². The smallest absolute Gasteiger partial charge is 0.0943 e. The molecular weight excluding hydrogens is 200 g/mol. The second kappa shape index (κ2) is 4.45. The molecule has 4 nitrogen and oxygen atoms in total. The van der Waals surface area contributed by atoms with E-state index in [4.69, 9.17) is 0 Å². The van der Waals surface area contributed by atoms with Crippen LogP contribution < -0.4 is 5.32 Å². The van der Waals surface area contributed by atoms with Crippen molar-refractivity contribution in [1.82, 2.24) is 20.1 Å². The molecule has 2 aromatic rings. The van der Waals surface area contributed by atoms with Crippen LogP contribution in [0.5, 0.6) is 0 Å². The summed E-state index contributed by atoms with van der Waals surface area (Å²) >= 11 is 0. The van der Waals surface area contributed by atoms with Gasteiger partial charge in [-0.25, -0.2) is 0 Å². The van der Waals surface area contributed by atoms with Gasteiger partial charge in [0.15, 0.2) is 0 Å². The second-order valence-electron chi connectivity index (χ2n) is 3.84. The molecule has 4 heteroatoms. The van der Waals surface area contributed by atoms with Gasteiger partial charge in [-0.3, -0.25) is 9.67 Å². The van der Waals surface area contributed by atoms with Crippen molar-refractivity contribution < 1.29 is 0 Å². The summed E-state index contributed by atoms with van der Waals surface area (Å²) in [5, 5.41) is 7.66. The van der Waals surface area contributed by atoms with Gasteiger partial charge in [-0.2, -0.15) is 5.10 Å². The first-order chi connectivity index (χ1) is 7.72. The number of aryl methyl sites for hydroxylation is 2. The lowest BCUT2D eigenvalue weighted by molar-refractivity contribution is 0.624. The van der Waals surface area contributed by atoms with Gasteiger partial charge in [-0.1, -0.05) is 6.07 Å². The minimum atomic E-state index is 0.0578. The predicted octanol–water partition coefficient (Wildman–Crippen LogP) is 1.43. The van der Waals surface area contributed by atoms with E-state index in [-0.39, 0.29) is 6.04 Å². The van der Waals surface area contributed by atoms with Crippen LogP contribution >= 0.6 is 0 Å². The van der Waals surface area contributed by atoms with Crippen molar-refractivity contribution in [3.63, 3.8) is 0 Å². The summed E-state index contributed by atoms with van der Waals surface area (Å²) in [4.78, 5) is 4.42. The molecule has 0 aliphatic carbocycles. The van der Waals surface area contributed by atoms with Crippen molar-refractivity contribution in [3.05, 3.63) is 47.5 Å². The van der Waals surface area contributed by atoms with Crippen molar-refractivity contribution in [2.45, 2.75) is 13.0 Å². The standard InChI is InChI=1S/C12H16N4/c1-9-5-4-7-14-11(9)12(13-2)10-6-8-16(3)15-10/h4-8,12-13H,1-3H3. The van der Waals surface area contributed by atoms with Crippen molar-refractivity contribution in [2.75, 3.05) is 7.05 Å². The number of pyridine rings is 1. The molecule has 0 amide bonds. The lowest BCUT2D eigenvalue weighted by Gasteiger charge is -2.15. The average molecular weight is 216 g/mol. The lowest BCUT2D eigenvalue weighted by atomic mass is 10.1. The lowest BCUT2D eigenvalue weighted by Crippen LogP contribution is -2.20. The zero-order valence-electron chi connectivity index (χ0n) is 9.81. The van der Waals surface area contributed by atoms with E-state index in [0.717, 1.165) is 11.4 Å². The van der Waals surface area contributed by atoms with Gasteiger partial charge in [0.1, 0.15) is 0 Å². The Morgan fingerprint density at radius 3 is 2.75 bits per heavy atom. The molecule has 0 spiro atoms. The molecule has 16 heavy (non-hydrogen) atoms. The average Bonchev–Trinajstić information content (AvgIpc) is 2.69. The van der Waals surface area contributed by atoms with E-state index in [9.17, 15) is 0 Å². The Hall–Kier alpha value is -1.68. The van der Waals surface area contributed by atoms with Gasteiger partial charge in [0, 0.05) is 19.4 Å². The Labute approximate surface area is 95.3 Å². The molecule has 0 radical (unpaired) electrons. The number of aromatic nitrogens is 3. The zero-order valence-corrected chi connectivity index (χ0v) is 9.81. The van der Waals surface area contributed by atoms with Gasteiger partial charge >= 0.3 is 0 Å². The summed E-state index contributed by atoms with van der Waals surface area (Å²) in [6, 6.07) is 6.08. The Morgan fingerprint density at radius 1 is 1.38 bits per heavy atom. The van der Waals surface area contributed by atoms with E-state index in [1.54, 1.807) is 4.68 Å². The molecule has 2 aromatic heterocycles. The van der Waals surface area contributed by atoms with E-state index >= 15 is 0 Å². The summed E-state index contributed by atoms with van der Waals surface area (Å²) < 4.78 is 1.80. The highest BCUT2D eigenvalue weighted by atomic mass is 15.3. The zero-order chi connectivity index (χ0) is 11.5. The van der Waals surface area contributed by atoms with Crippen LogP contribution in [0.25, 0.3) is 0 Å². The quantitative estimate of drug-likeness (QED) is 0.844. The van der Waals surface area contributed by atoms with E-state index < -0.39 is 0 Å². The number of nitrogens with zero attached hydrogens (tertiary/aromatic N) is 3. The van der Waals surface area contributed by atoms with Gasteiger partial charge in [-0.15, -0.1) is 0 Å². The van der Waals surface area contributed by atoms with Crippen LogP contribution in [0.2, 0.25) is 0 Å². The Balaban J connectivity index is 2.40. The largest absolute Gasteiger partial charge is 0.307 e. The van der Waals surface area contributed by atoms with Gasteiger partial charge in [0.05, 0.1) is 17.4 Å². The fourth-order valence-electron chi connectivity index (χ4n) is 1.81. The minimum Gasteiger partial charge on any atom is -0.307 e. The summed E-state index contributed by atoms with van der Waals surface area (Å²) in [7, 11) is 3.84. The molecule has 1 atom stereocenters. The first-order valence-corrected chi connectivity index (χ1v) is 5.30. The highest BCUT2D eigenvalue weighted by molar-refractivity contribution is 5.27. The third-order valence-electron chi connectivity index (χ3n) is 2.64. The van der Waals surface area contributed by atoms with Gasteiger partial charge in [0.25, 0.3) is 0 Å². The molecule has 2 rings (SSSR count). The van der Waals surface area contributed by atoms with Crippen LogP contribution in [0.1, 0.15) is 23.0 Å². The normalized spacial score (nSPS) is 12.7. The molecule has 0 aliphatic rings. The molecule has 0 bridgehead atoms. The highest BCUT2D eigenvalue weighted by Crippen LogP contribution is 2.20. The van der Waals surface area contributed by atoms with E-state index in [1.807, 2.05) is 38.6 Å². The van der Waals surface area contributed by atoms with Crippen LogP contribution in [0.3, 0.4) is 0 Å². The molecule has 0 fully saturated rings. The fraction of sp³-hybridized carbons (Fsp3) is 0.333. The monoisotopic (exact) mass is 216 g/mol. The Bertz CT molecular complexity index is 475. The molecule has 0 aliphatic heterocycles. The van der Waals surface area contributed by atoms with E-state index in [2.05, 4.69) is 28.4 Å². The third kappa shape index (κ3) is 1.97. The molecule has 1 unspecified atom stereocenters. The minimum absolute atomic E-state index is 0.0578. The maximum atomic E-state index is 4.42. The molecule has 84 valence electrons. The SMILES string of the molecule is CNC(c1ccn(C)n1)c1ncccc1C. The van der Waals surface area contributed by atoms with Crippen LogP contribution in [0, 0.1) is 6.92 Å². The topological polar surface area (TPSA) is 42.7 Å². The maximum Gasteiger partial charge on any atom is 0.0943 e. The molecule has 2 heterocycles. The first kappa shape index (κ1) is 10.8. The van der Waals surface area contributed by atoms with Crippen molar-refractivity contribution >= 4 is 0 Å². The van der Waals surface area contributed by atoms with Crippen LogP contribution in [0.4, 0.5) is 0 Å². The van der Waals surface area contributed by atoms with Gasteiger partial charge in [-0.05, 0) is 31.7 Å². The van der Waals surface area contributed by atoms with Gasteiger partial charge < -0.3 is 5.32 Å². The highest BCUT2D eigenvalue weighted by Gasteiger charge is 2.17. The Kier molecular flexibility index (Phi) is 3.01.